The summed E-state index contributed by atoms with van der Waals surface area (Å²) in [5.41, 5.74) is 1.80. The minimum absolute atomic E-state index is 0.152. The van der Waals surface area contributed by atoms with Crippen LogP contribution < -0.4 is 9.47 Å². The summed E-state index contributed by atoms with van der Waals surface area (Å²) in [6.45, 7) is 6.82. The molecule has 6 nitrogen and oxygen atoms in total. The highest BCUT2D eigenvalue weighted by Gasteiger charge is 2.22. The van der Waals surface area contributed by atoms with E-state index in [0.29, 0.717) is 42.6 Å². The number of hydrogen-bond acceptors (Lipinski definition) is 6. The smallest absolute Gasteiger partial charge is 0.343 e. The van der Waals surface area contributed by atoms with Crippen LogP contribution in [0.25, 0.3) is 0 Å². The zero-order chi connectivity index (χ0) is 25.8. The van der Waals surface area contributed by atoms with E-state index in [9.17, 15) is 13.9 Å². The molecule has 0 radical (unpaired) electrons. The first-order valence-corrected chi connectivity index (χ1v) is 14.7. The van der Waals surface area contributed by atoms with Crippen molar-refractivity contribution in [3.05, 3.63) is 71.6 Å². The van der Waals surface area contributed by atoms with Gasteiger partial charge in [-0.3, -0.25) is 9.11 Å². The van der Waals surface area contributed by atoms with Gasteiger partial charge in [-0.15, -0.1) is 0 Å². The first-order chi connectivity index (χ1) is 17.4. The monoisotopic (exact) mass is 516 g/mol. The molecule has 1 aliphatic rings. The van der Waals surface area contributed by atoms with Crippen molar-refractivity contribution in [1.82, 2.24) is 0 Å². The van der Waals surface area contributed by atoms with Crippen molar-refractivity contribution in [2.24, 2.45) is 5.92 Å². The van der Waals surface area contributed by atoms with E-state index in [1.54, 1.807) is 24.3 Å². The summed E-state index contributed by atoms with van der Waals surface area (Å²) >= 11 is 0. The minimum Gasteiger partial charge on any atom is -0.494 e. The number of carbonyl (C=O) groups is 1. The maximum atomic E-state index is 12.5. The number of ether oxygens (including phenoxy) is 3. The molecule has 0 spiro atoms. The number of hydrogen-bond donors (Lipinski definition) is 2. The van der Waals surface area contributed by atoms with Gasteiger partial charge in [0.2, 0.25) is 0 Å². The molecule has 2 N–H and O–H groups in total. The van der Waals surface area contributed by atoms with Crippen molar-refractivity contribution >= 4 is 16.6 Å². The summed E-state index contributed by atoms with van der Waals surface area (Å²) in [5.74, 6) is 2.47. The van der Waals surface area contributed by atoms with Crippen LogP contribution in [0.2, 0.25) is 0 Å². The highest BCUT2D eigenvalue weighted by Crippen LogP contribution is 2.39. The maximum Gasteiger partial charge on any atom is 0.343 e. The topological polar surface area (TPSA) is 85.2 Å². The highest BCUT2D eigenvalue weighted by atomic mass is 32.3. The zero-order valence-corrected chi connectivity index (χ0v) is 22.1. The molecule has 0 heterocycles. The molecule has 1 saturated carbocycles. The number of rotatable bonds is 14. The molecule has 2 aromatic carbocycles. The Hall–Kier alpha value is -2.32. The van der Waals surface area contributed by atoms with Gasteiger partial charge in [-0.1, -0.05) is 38.5 Å². The van der Waals surface area contributed by atoms with Gasteiger partial charge in [0.05, 0.1) is 24.5 Å². The van der Waals surface area contributed by atoms with Gasteiger partial charge >= 0.3 is 5.97 Å². The lowest BCUT2D eigenvalue weighted by molar-refractivity contribution is 0.0734. The molecule has 198 valence electrons. The molecule has 0 aromatic heterocycles. The van der Waals surface area contributed by atoms with Gasteiger partial charge in [0.15, 0.2) is 0 Å². The van der Waals surface area contributed by atoms with Crippen LogP contribution in [-0.4, -0.2) is 40.6 Å². The van der Waals surface area contributed by atoms with Crippen LogP contribution in [0.1, 0.15) is 73.7 Å². The summed E-state index contributed by atoms with van der Waals surface area (Å²) in [7, 11) is -2.73. The van der Waals surface area contributed by atoms with Crippen LogP contribution in [0.4, 0.5) is 0 Å². The summed E-state index contributed by atoms with van der Waals surface area (Å²) in [5, 5.41) is 1.16. The predicted molar refractivity (Wildman–Crippen MR) is 146 cm³/mol. The molecular formula is C29H40O6S. The normalized spacial score (nSPS) is 18.4. The van der Waals surface area contributed by atoms with Crippen molar-refractivity contribution < 1.29 is 28.1 Å². The van der Waals surface area contributed by atoms with Crippen LogP contribution >= 0.6 is 10.6 Å². The molecule has 3 rings (SSSR count). The highest BCUT2D eigenvalue weighted by molar-refractivity contribution is 8.26. The SMILES string of the molecule is C=CS(O)(O)CCOCCCOc1ccc(C(=O)Oc2ccc(C3CCC(CCC)CC3)cc2)cc1. The third-order valence-corrected chi connectivity index (χ3v) is 7.99. The lowest BCUT2D eigenvalue weighted by Gasteiger charge is -2.28. The van der Waals surface area contributed by atoms with Crippen molar-refractivity contribution in [2.45, 2.75) is 57.8 Å². The van der Waals surface area contributed by atoms with E-state index in [-0.39, 0.29) is 12.4 Å². The van der Waals surface area contributed by atoms with Gasteiger partial charge in [-0.05, 0) is 79.5 Å². The van der Waals surface area contributed by atoms with Crippen LogP contribution in [0.3, 0.4) is 0 Å². The summed E-state index contributed by atoms with van der Waals surface area (Å²) in [6, 6.07) is 14.9. The van der Waals surface area contributed by atoms with E-state index in [1.807, 2.05) is 12.1 Å². The first-order valence-electron chi connectivity index (χ1n) is 12.9. The molecule has 0 aliphatic heterocycles. The standard InChI is InChI=1S/C29H40O6S/c1-3-6-23-7-9-24(10-8-23)25-11-17-28(18-12-25)35-29(30)26-13-15-27(16-14-26)34-20-5-19-33-21-22-36(31,32)4-2/h4,11-18,23-24,31-32H,2-3,5-10,19-22H2,1H3. The van der Waals surface area contributed by atoms with E-state index < -0.39 is 16.6 Å². The Morgan fingerprint density at radius 1 is 0.972 bits per heavy atom. The van der Waals surface area contributed by atoms with Gasteiger partial charge in [-0.25, -0.2) is 4.79 Å². The Balaban J connectivity index is 1.36. The molecular weight excluding hydrogens is 476 g/mol. The van der Waals surface area contributed by atoms with Crippen molar-refractivity contribution in [2.75, 3.05) is 25.6 Å². The van der Waals surface area contributed by atoms with Crippen molar-refractivity contribution in [3.8, 4) is 11.5 Å². The molecule has 36 heavy (non-hydrogen) atoms. The quantitative estimate of drug-likeness (QED) is 0.152. The molecule has 0 saturated heterocycles. The molecule has 1 aliphatic carbocycles. The second-order valence-electron chi connectivity index (χ2n) is 9.39. The molecule has 0 unspecified atom stereocenters. The van der Waals surface area contributed by atoms with E-state index in [4.69, 9.17) is 14.2 Å². The lowest BCUT2D eigenvalue weighted by atomic mass is 9.77. The second-order valence-corrected chi connectivity index (χ2v) is 11.6. The van der Waals surface area contributed by atoms with Gasteiger partial charge in [0, 0.05) is 18.4 Å². The second kappa shape index (κ2) is 14.4. The molecule has 0 atom stereocenters. The zero-order valence-electron chi connectivity index (χ0n) is 21.3. The third-order valence-electron chi connectivity index (χ3n) is 6.69. The van der Waals surface area contributed by atoms with Crippen LogP contribution in [0.15, 0.2) is 60.5 Å². The fraction of sp³-hybridized carbons (Fsp3) is 0.483. The number of esters is 1. The van der Waals surface area contributed by atoms with Crippen LogP contribution in [0.5, 0.6) is 11.5 Å². The number of benzene rings is 2. The predicted octanol–water partition coefficient (Wildman–Crippen LogP) is 7.66. The maximum absolute atomic E-state index is 12.5. The molecule has 0 bridgehead atoms. The Labute approximate surface area is 217 Å². The average Bonchev–Trinajstić information content (AvgIpc) is 2.89. The van der Waals surface area contributed by atoms with Gasteiger partial charge in [0.1, 0.15) is 11.5 Å². The fourth-order valence-corrected chi connectivity index (χ4v) is 5.10. The van der Waals surface area contributed by atoms with E-state index in [2.05, 4.69) is 25.6 Å². The Morgan fingerprint density at radius 2 is 1.64 bits per heavy atom. The van der Waals surface area contributed by atoms with E-state index in [1.165, 1.54) is 44.1 Å². The fourth-order valence-electron chi connectivity index (χ4n) is 4.57. The molecule has 7 heteroatoms. The largest absolute Gasteiger partial charge is 0.494 e. The Bertz CT molecular complexity index is 933. The third kappa shape index (κ3) is 9.28. The van der Waals surface area contributed by atoms with Gasteiger partial charge < -0.3 is 14.2 Å². The van der Waals surface area contributed by atoms with Gasteiger partial charge in [0.25, 0.3) is 0 Å². The summed E-state index contributed by atoms with van der Waals surface area (Å²) in [4.78, 5) is 12.5. The lowest BCUT2D eigenvalue weighted by Crippen LogP contribution is -2.13. The number of carbonyl (C=O) groups excluding carboxylic acids is 1. The molecule has 1 fully saturated rings. The molecule has 2 aromatic rings. The van der Waals surface area contributed by atoms with Gasteiger partial charge in [-0.2, -0.15) is 10.6 Å². The molecule has 0 amide bonds. The average molecular weight is 517 g/mol. The Kier molecular flexibility index (Phi) is 11.3. The first kappa shape index (κ1) is 28.3. The summed E-state index contributed by atoms with van der Waals surface area (Å²) in [6.07, 6.45) is 8.40. The summed E-state index contributed by atoms with van der Waals surface area (Å²) < 4.78 is 35.6. The van der Waals surface area contributed by atoms with E-state index in [0.717, 1.165) is 11.3 Å². The van der Waals surface area contributed by atoms with Crippen molar-refractivity contribution in [3.63, 3.8) is 0 Å². The van der Waals surface area contributed by atoms with Crippen LogP contribution in [0, 0.1) is 5.92 Å². The Morgan fingerprint density at radius 3 is 2.28 bits per heavy atom. The van der Waals surface area contributed by atoms with Crippen LogP contribution in [-0.2, 0) is 4.74 Å². The van der Waals surface area contributed by atoms with Crippen molar-refractivity contribution in [1.29, 1.82) is 0 Å². The minimum atomic E-state index is -2.73. The van der Waals surface area contributed by atoms with E-state index >= 15 is 0 Å².